The van der Waals surface area contributed by atoms with Crippen LogP contribution in [0.25, 0.3) is 11.1 Å². The Labute approximate surface area is 209 Å². The van der Waals surface area contributed by atoms with Gasteiger partial charge in [-0.1, -0.05) is 60.7 Å². The lowest BCUT2D eigenvalue weighted by Gasteiger charge is -2.31. The quantitative estimate of drug-likeness (QED) is 0.356. The third kappa shape index (κ3) is 6.71. The van der Waals surface area contributed by atoms with Crippen molar-refractivity contribution in [3.8, 4) is 16.9 Å². The highest BCUT2D eigenvalue weighted by Crippen LogP contribution is 2.22. The number of anilines is 2. The number of hydrogen-bond acceptors (Lipinski definition) is 5. The summed E-state index contributed by atoms with van der Waals surface area (Å²) in [5.41, 5.74) is 3.42. The molecule has 0 radical (unpaired) electrons. The molecule has 0 bridgehead atoms. The van der Waals surface area contributed by atoms with Gasteiger partial charge in [0.1, 0.15) is 11.9 Å². The Balaban J connectivity index is 1.29. The summed E-state index contributed by atoms with van der Waals surface area (Å²) < 4.78 is 11.0. The summed E-state index contributed by atoms with van der Waals surface area (Å²) in [4.78, 5) is 25.0. The second-order valence-electron chi connectivity index (χ2n) is 8.33. The SMILES string of the molecule is COc1cccc(NC(=O)N[C@@H]2C=C[C@H](CC(=O)Nc3ccc(-c4ccccc4)cc3)O[C@@H]2CO)c1. The number of methoxy groups -OCH3 is 1. The lowest BCUT2D eigenvalue weighted by Crippen LogP contribution is -2.50. The van der Waals surface area contributed by atoms with Crippen molar-refractivity contribution in [2.75, 3.05) is 24.4 Å². The van der Waals surface area contributed by atoms with E-state index in [9.17, 15) is 14.7 Å². The molecule has 3 aromatic rings. The van der Waals surface area contributed by atoms with E-state index in [-0.39, 0.29) is 18.9 Å². The third-order valence-corrected chi connectivity index (χ3v) is 5.75. The number of amides is 3. The number of aliphatic hydroxyl groups is 1. The fourth-order valence-electron chi connectivity index (χ4n) is 3.93. The average molecular weight is 488 g/mol. The van der Waals surface area contributed by atoms with E-state index in [0.717, 1.165) is 11.1 Å². The highest BCUT2D eigenvalue weighted by atomic mass is 16.5. The number of hydrogen-bond donors (Lipinski definition) is 4. The summed E-state index contributed by atoms with van der Waals surface area (Å²) >= 11 is 0. The first-order valence-electron chi connectivity index (χ1n) is 11.7. The van der Waals surface area contributed by atoms with Crippen LogP contribution in [0.4, 0.5) is 16.2 Å². The summed E-state index contributed by atoms with van der Waals surface area (Å²) in [7, 11) is 1.55. The number of aliphatic hydroxyl groups excluding tert-OH is 1. The van der Waals surface area contributed by atoms with Gasteiger partial charge in [-0.25, -0.2) is 4.79 Å². The number of nitrogens with one attached hydrogen (secondary N) is 3. The molecule has 0 saturated carbocycles. The van der Waals surface area contributed by atoms with Crippen molar-refractivity contribution in [1.29, 1.82) is 0 Å². The second kappa shape index (κ2) is 12.0. The summed E-state index contributed by atoms with van der Waals surface area (Å²) in [6, 6.07) is 23.6. The number of urea groups is 1. The van der Waals surface area contributed by atoms with Crippen LogP contribution < -0.4 is 20.7 Å². The molecule has 1 aliphatic heterocycles. The molecule has 36 heavy (non-hydrogen) atoms. The first kappa shape index (κ1) is 25.0. The fourth-order valence-corrected chi connectivity index (χ4v) is 3.93. The lowest BCUT2D eigenvalue weighted by atomic mass is 10.0. The molecule has 4 rings (SSSR count). The fraction of sp³-hybridized carbons (Fsp3) is 0.214. The highest BCUT2D eigenvalue weighted by molar-refractivity contribution is 5.91. The van der Waals surface area contributed by atoms with Crippen molar-refractivity contribution >= 4 is 23.3 Å². The van der Waals surface area contributed by atoms with Crippen molar-refractivity contribution < 1.29 is 24.2 Å². The van der Waals surface area contributed by atoms with E-state index < -0.39 is 24.3 Å². The van der Waals surface area contributed by atoms with Crippen LogP contribution >= 0.6 is 0 Å². The Morgan fingerprint density at radius 2 is 1.64 bits per heavy atom. The maximum atomic E-state index is 12.6. The normalized spacial score (nSPS) is 18.8. The second-order valence-corrected chi connectivity index (χ2v) is 8.33. The van der Waals surface area contributed by atoms with E-state index in [0.29, 0.717) is 17.1 Å². The molecule has 0 aliphatic carbocycles. The number of benzene rings is 3. The van der Waals surface area contributed by atoms with Crippen LogP contribution in [0.2, 0.25) is 0 Å². The zero-order valence-electron chi connectivity index (χ0n) is 19.9. The molecule has 0 unspecified atom stereocenters. The summed E-state index contributed by atoms with van der Waals surface area (Å²) in [5.74, 6) is 0.408. The molecule has 8 nitrogen and oxygen atoms in total. The topological polar surface area (TPSA) is 109 Å². The standard InChI is InChI=1S/C28H29N3O5/c1-35-23-9-5-8-22(16-23)30-28(34)31-25-15-14-24(36-26(25)18-32)17-27(33)29-21-12-10-20(11-13-21)19-6-3-2-4-7-19/h2-16,24-26,32H,17-18H2,1H3,(H,29,33)(H2,30,31,34)/t24-,25-,26-/m1/s1. The predicted molar refractivity (Wildman–Crippen MR) is 139 cm³/mol. The van der Waals surface area contributed by atoms with Crippen molar-refractivity contribution in [2.24, 2.45) is 0 Å². The maximum absolute atomic E-state index is 12.6. The molecule has 0 fully saturated rings. The average Bonchev–Trinajstić information content (AvgIpc) is 2.90. The molecule has 1 heterocycles. The van der Waals surface area contributed by atoms with Gasteiger partial charge >= 0.3 is 6.03 Å². The van der Waals surface area contributed by atoms with E-state index in [2.05, 4.69) is 16.0 Å². The van der Waals surface area contributed by atoms with E-state index in [4.69, 9.17) is 9.47 Å². The molecule has 0 spiro atoms. The lowest BCUT2D eigenvalue weighted by molar-refractivity contribution is -0.120. The Kier molecular flexibility index (Phi) is 8.33. The zero-order chi connectivity index (χ0) is 25.3. The van der Waals surface area contributed by atoms with Gasteiger partial charge in [-0.05, 0) is 35.4 Å². The smallest absolute Gasteiger partial charge is 0.319 e. The molecule has 0 aromatic heterocycles. The van der Waals surface area contributed by atoms with Gasteiger partial charge in [0.25, 0.3) is 0 Å². The first-order valence-corrected chi connectivity index (χ1v) is 11.7. The molecule has 0 saturated heterocycles. The molecule has 8 heteroatoms. The van der Waals surface area contributed by atoms with E-state index in [1.165, 1.54) is 0 Å². The third-order valence-electron chi connectivity index (χ3n) is 5.75. The number of ether oxygens (including phenoxy) is 2. The number of rotatable bonds is 8. The van der Waals surface area contributed by atoms with Gasteiger partial charge in [0.2, 0.25) is 5.91 Å². The molecule has 186 valence electrons. The Morgan fingerprint density at radius 1 is 0.889 bits per heavy atom. The minimum Gasteiger partial charge on any atom is -0.497 e. The van der Waals surface area contributed by atoms with Crippen molar-refractivity contribution in [1.82, 2.24) is 5.32 Å². The van der Waals surface area contributed by atoms with Gasteiger partial charge in [0, 0.05) is 17.4 Å². The van der Waals surface area contributed by atoms with Crippen LogP contribution in [0.5, 0.6) is 5.75 Å². The highest BCUT2D eigenvalue weighted by Gasteiger charge is 2.29. The minimum atomic E-state index is -0.686. The molecule has 3 atom stereocenters. The van der Waals surface area contributed by atoms with Crippen LogP contribution in [0, 0.1) is 0 Å². The Bertz CT molecular complexity index is 1200. The maximum Gasteiger partial charge on any atom is 0.319 e. The van der Waals surface area contributed by atoms with E-state index in [1.54, 1.807) is 43.5 Å². The summed E-state index contributed by atoms with van der Waals surface area (Å²) in [6.45, 7) is -0.312. The van der Waals surface area contributed by atoms with Crippen LogP contribution in [0.1, 0.15) is 6.42 Å². The largest absolute Gasteiger partial charge is 0.497 e. The molecule has 3 aromatic carbocycles. The zero-order valence-corrected chi connectivity index (χ0v) is 19.9. The van der Waals surface area contributed by atoms with Gasteiger partial charge in [0.05, 0.1) is 32.3 Å². The van der Waals surface area contributed by atoms with Crippen molar-refractivity contribution in [2.45, 2.75) is 24.7 Å². The van der Waals surface area contributed by atoms with E-state index in [1.807, 2.05) is 54.6 Å². The van der Waals surface area contributed by atoms with Gasteiger partial charge < -0.3 is 30.5 Å². The number of carbonyl (C=O) groups is 2. The van der Waals surface area contributed by atoms with Crippen LogP contribution in [-0.4, -0.2) is 49.0 Å². The first-order chi connectivity index (χ1) is 17.5. The molecule has 3 amide bonds. The summed E-state index contributed by atoms with van der Waals surface area (Å²) in [6.07, 6.45) is 2.33. The Hall–Kier alpha value is -4.14. The number of carbonyl (C=O) groups excluding carboxylic acids is 2. The van der Waals surface area contributed by atoms with Crippen LogP contribution in [-0.2, 0) is 9.53 Å². The van der Waals surface area contributed by atoms with Gasteiger partial charge in [-0.2, -0.15) is 0 Å². The Morgan fingerprint density at radius 3 is 2.36 bits per heavy atom. The molecule has 1 aliphatic rings. The van der Waals surface area contributed by atoms with Gasteiger partial charge in [-0.15, -0.1) is 0 Å². The van der Waals surface area contributed by atoms with Gasteiger partial charge in [-0.3, -0.25) is 4.79 Å². The van der Waals surface area contributed by atoms with Crippen molar-refractivity contribution in [3.05, 3.63) is 91.0 Å². The molecular weight excluding hydrogens is 458 g/mol. The van der Waals surface area contributed by atoms with Crippen molar-refractivity contribution in [3.63, 3.8) is 0 Å². The molecule has 4 N–H and O–H groups in total. The van der Waals surface area contributed by atoms with Crippen LogP contribution in [0.3, 0.4) is 0 Å². The van der Waals surface area contributed by atoms with Gasteiger partial charge in [0.15, 0.2) is 0 Å². The monoisotopic (exact) mass is 487 g/mol. The summed E-state index contributed by atoms with van der Waals surface area (Å²) in [5, 5.41) is 18.2. The van der Waals surface area contributed by atoms with E-state index >= 15 is 0 Å². The minimum absolute atomic E-state index is 0.0795. The predicted octanol–water partition coefficient (Wildman–Crippen LogP) is 4.20. The molecular formula is C28H29N3O5. The van der Waals surface area contributed by atoms with Crippen LogP contribution in [0.15, 0.2) is 91.0 Å².